The maximum absolute atomic E-state index is 12.3. The summed E-state index contributed by atoms with van der Waals surface area (Å²) in [5.74, 6) is 0.387. The molecule has 2 rings (SSSR count). The molecule has 0 bridgehead atoms. The van der Waals surface area contributed by atoms with Gasteiger partial charge in [0.15, 0.2) is 0 Å². The summed E-state index contributed by atoms with van der Waals surface area (Å²) < 4.78 is 0. The van der Waals surface area contributed by atoms with E-state index in [1.165, 1.54) is 0 Å². The van der Waals surface area contributed by atoms with Crippen LogP contribution < -0.4 is 0 Å². The SMILES string of the molecule is Cc1n[nH]c(C)c1CCC(=O)N(C)CC1CCCCC1O. The van der Waals surface area contributed by atoms with Crippen molar-refractivity contribution in [3.05, 3.63) is 17.0 Å². The minimum absolute atomic E-state index is 0.146. The first kappa shape index (κ1) is 16.0. The van der Waals surface area contributed by atoms with E-state index in [9.17, 15) is 9.90 Å². The van der Waals surface area contributed by atoms with Crippen molar-refractivity contribution in [2.75, 3.05) is 13.6 Å². The van der Waals surface area contributed by atoms with E-state index < -0.39 is 0 Å². The molecule has 1 fully saturated rings. The van der Waals surface area contributed by atoms with Gasteiger partial charge < -0.3 is 10.0 Å². The van der Waals surface area contributed by atoms with Crippen LogP contribution in [0.1, 0.15) is 49.1 Å². The average molecular weight is 293 g/mol. The van der Waals surface area contributed by atoms with E-state index in [4.69, 9.17) is 0 Å². The normalized spacial score (nSPS) is 22.3. The molecule has 1 aliphatic carbocycles. The van der Waals surface area contributed by atoms with Crippen LogP contribution in [0.15, 0.2) is 0 Å². The third-order valence-corrected chi connectivity index (χ3v) is 4.67. The second-order valence-electron chi connectivity index (χ2n) is 6.30. The number of hydrogen-bond acceptors (Lipinski definition) is 3. The fourth-order valence-electron chi connectivity index (χ4n) is 3.22. The van der Waals surface area contributed by atoms with Crippen molar-refractivity contribution < 1.29 is 9.90 Å². The second kappa shape index (κ2) is 7.07. The fraction of sp³-hybridized carbons (Fsp3) is 0.750. The zero-order chi connectivity index (χ0) is 15.4. The zero-order valence-electron chi connectivity index (χ0n) is 13.4. The third-order valence-electron chi connectivity index (χ3n) is 4.67. The Morgan fingerprint density at radius 2 is 2.10 bits per heavy atom. The summed E-state index contributed by atoms with van der Waals surface area (Å²) in [6.07, 6.45) is 5.16. The molecule has 0 saturated heterocycles. The van der Waals surface area contributed by atoms with Crippen molar-refractivity contribution >= 4 is 5.91 Å². The Morgan fingerprint density at radius 1 is 1.38 bits per heavy atom. The van der Waals surface area contributed by atoms with Crippen LogP contribution in [0.5, 0.6) is 0 Å². The van der Waals surface area contributed by atoms with E-state index in [1.807, 2.05) is 20.9 Å². The molecular weight excluding hydrogens is 266 g/mol. The Morgan fingerprint density at radius 3 is 2.71 bits per heavy atom. The van der Waals surface area contributed by atoms with Gasteiger partial charge in [-0.3, -0.25) is 9.89 Å². The lowest BCUT2D eigenvalue weighted by atomic mass is 9.86. The van der Waals surface area contributed by atoms with Crippen molar-refractivity contribution in [3.63, 3.8) is 0 Å². The molecule has 0 radical (unpaired) electrons. The van der Waals surface area contributed by atoms with Crippen LogP contribution in [0.2, 0.25) is 0 Å². The highest BCUT2D eigenvalue weighted by atomic mass is 16.3. The Labute approximate surface area is 126 Å². The van der Waals surface area contributed by atoms with Crippen LogP contribution in [-0.2, 0) is 11.2 Å². The van der Waals surface area contributed by atoms with Crippen molar-refractivity contribution in [2.24, 2.45) is 5.92 Å². The van der Waals surface area contributed by atoms with Crippen molar-refractivity contribution in [3.8, 4) is 0 Å². The van der Waals surface area contributed by atoms with Crippen molar-refractivity contribution in [2.45, 2.75) is 58.5 Å². The lowest BCUT2D eigenvalue weighted by molar-refractivity contribution is -0.131. The molecule has 1 saturated carbocycles. The molecule has 1 aliphatic rings. The molecule has 5 heteroatoms. The number of aliphatic hydroxyl groups is 1. The summed E-state index contributed by atoms with van der Waals surface area (Å²) in [4.78, 5) is 14.0. The summed E-state index contributed by atoms with van der Waals surface area (Å²) in [5, 5.41) is 17.1. The maximum atomic E-state index is 12.3. The smallest absolute Gasteiger partial charge is 0.222 e. The highest BCUT2D eigenvalue weighted by Gasteiger charge is 2.25. The van der Waals surface area contributed by atoms with E-state index >= 15 is 0 Å². The molecule has 2 unspecified atom stereocenters. The quantitative estimate of drug-likeness (QED) is 0.872. The molecular formula is C16H27N3O2. The van der Waals surface area contributed by atoms with Crippen LogP contribution in [0.3, 0.4) is 0 Å². The highest BCUT2D eigenvalue weighted by Crippen LogP contribution is 2.25. The van der Waals surface area contributed by atoms with Gasteiger partial charge in [0.25, 0.3) is 0 Å². The Kier molecular flexibility index (Phi) is 5.39. The molecule has 118 valence electrons. The number of carbonyl (C=O) groups excluding carboxylic acids is 1. The number of rotatable bonds is 5. The van der Waals surface area contributed by atoms with E-state index in [-0.39, 0.29) is 17.9 Å². The third kappa shape index (κ3) is 4.06. The first-order chi connectivity index (χ1) is 9.99. The van der Waals surface area contributed by atoms with Gasteiger partial charge in [-0.1, -0.05) is 12.8 Å². The number of aliphatic hydroxyl groups excluding tert-OH is 1. The molecule has 2 N–H and O–H groups in total. The molecule has 21 heavy (non-hydrogen) atoms. The van der Waals surface area contributed by atoms with Gasteiger partial charge in [0.05, 0.1) is 11.8 Å². The minimum atomic E-state index is -0.243. The number of carbonyl (C=O) groups is 1. The van der Waals surface area contributed by atoms with Crippen molar-refractivity contribution in [1.82, 2.24) is 15.1 Å². The molecule has 0 spiro atoms. The van der Waals surface area contributed by atoms with Gasteiger partial charge in [-0.25, -0.2) is 0 Å². The van der Waals surface area contributed by atoms with Crippen LogP contribution >= 0.6 is 0 Å². The number of H-pyrrole nitrogens is 1. The van der Waals surface area contributed by atoms with Crippen LogP contribution in [0.4, 0.5) is 0 Å². The van der Waals surface area contributed by atoms with Gasteiger partial charge in [-0.05, 0) is 38.7 Å². The molecule has 1 amide bonds. The fourth-order valence-corrected chi connectivity index (χ4v) is 3.22. The number of aryl methyl sites for hydroxylation is 2. The molecule has 2 atom stereocenters. The standard InChI is InChI=1S/C16H27N3O2/c1-11-14(12(2)18-17-11)8-9-16(21)19(3)10-13-6-4-5-7-15(13)20/h13,15,20H,4-10H2,1-3H3,(H,17,18). The molecule has 0 aromatic carbocycles. The number of hydrogen-bond donors (Lipinski definition) is 2. The van der Waals surface area contributed by atoms with Crippen LogP contribution in [-0.4, -0.2) is 45.8 Å². The zero-order valence-corrected chi connectivity index (χ0v) is 13.4. The van der Waals surface area contributed by atoms with Gasteiger partial charge in [0.2, 0.25) is 5.91 Å². The molecule has 1 aromatic rings. The monoisotopic (exact) mass is 293 g/mol. The van der Waals surface area contributed by atoms with Crippen molar-refractivity contribution in [1.29, 1.82) is 0 Å². The van der Waals surface area contributed by atoms with E-state index in [2.05, 4.69) is 10.2 Å². The topological polar surface area (TPSA) is 69.2 Å². The summed E-state index contributed by atoms with van der Waals surface area (Å²) in [7, 11) is 1.85. The number of amides is 1. The molecule has 5 nitrogen and oxygen atoms in total. The molecule has 0 aliphatic heterocycles. The number of aromatic nitrogens is 2. The summed E-state index contributed by atoms with van der Waals surface area (Å²) in [6, 6.07) is 0. The number of nitrogens with one attached hydrogen (secondary N) is 1. The first-order valence-corrected chi connectivity index (χ1v) is 7.91. The first-order valence-electron chi connectivity index (χ1n) is 7.91. The van der Waals surface area contributed by atoms with Crippen LogP contribution in [0.25, 0.3) is 0 Å². The predicted molar refractivity (Wildman–Crippen MR) is 82.0 cm³/mol. The summed E-state index contributed by atoms with van der Waals surface area (Å²) >= 11 is 0. The largest absolute Gasteiger partial charge is 0.393 e. The van der Waals surface area contributed by atoms with Gasteiger partial charge in [0.1, 0.15) is 0 Å². The highest BCUT2D eigenvalue weighted by molar-refractivity contribution is 5.76. The Bertz CT molecular complexity index is 464. The van der Waals surface area contributed by atoms with E-state index in [0.29, 0.717) is 13.0 Å². The Hall–Kier alpha value is -1.36. The maximum Gasteiger partial charge on any atom is 0.222 e. The lowest BCUT2D eigenvalue weighted by Gasteiger charge is -2.31. The lowest BCUT2D eigenvalue weighted by Crippen LogP contribution is -2.38. The van der Waals surface area contributed by atoms with Gasteiger partial charge >= 0.3 is 0 Å². The van der Waals surface area contributed by atoms with Gasteiger partial charge in [0, 0.05) is 31.6 Å². The van der Waals surface area contributed by atoms with Gasteiger partial charge in [-0.2, -0.15) is 5.10 Å². The van der Waals surface area contributed by atoms with Gasteiger partial charge in [-0.15, -0.1) is 0 Å². The number of nitrogens with zero attached hydrogens (tertiary/aromatic N) is 2. The number of aromatic amines is 1. The average Bonchev–Trinajstić information content (AvgIpc) is 2.78. The predicted octanol–water partition coefficient (Wildman–Crippen LogP) is 1.97. The minimum Gasteiger partial charge on any atom is -0.393 e. The summed E-state index contributed by atoms with van der Waals surface area (Å²) in [5.41, 5.74) is 3.17. The van der Waals surface area contributed by atoms with E-state index in [1.54, 1.807) is 4.90 Å². The molecule has 1 heterocycles. The van der Waals surface area contributed by atoms with Crippen LogP contribution in [0, 0.1) is 19.8 Å². The van der Waals surface area contributed by atoms with E-state index in [0.717, 1.165) is 49.1 Å². The molecule has 1 aromatic heterocycles. The Balaban J connectivity index is 1.82. The summed E-state index contributed by atoms with van der Waals surface area (Å²) in [6.45, 7) is 4.62. The second-order valence-corrected chi connectivity index (χ2v) is 6.30.